The number of rotatable bonds is 1. The first-order valence-electron chi connectivity index (χ1n) is 5.89. The van der Waals surface area contributed by atoms with Crippen molar-refractivity contribution in [3.8, 4) is 0 Å². The molecule has 3 heterocycles. The van der Waals surface area contributed by atoms with Crippen LogP contribution in [0.2, 0.25) is 0 Å². The molecule has 96 valence electrons. The van der Waals surface area contributed by atoms with Gasteiger partial charge in [-0.3, -0.25) is 4.79 Å². The molecule has 0 spiro atoms. The van der Waals surface area contributed by atoms with E-state index < -0.39 is 0 Å². The number of nitrogens with zero attached hydrogens (tertiary/aromatic N) is 2. The molecule has 2 aromatic heterocycles. The highest BCUT2D eigenvalue weighted by molar-refractivity contribution is 9.10. The van der Waals surface area contributed by atoms with Crippen LogP contribution in [0.15, 0.2) is 21.2 Å². The number of halogens is 1. The minimum atomic E-state index is 0.0469. The normalized spacial score (nSPS) is 17.6. The SMILES string of the molecule is CN1CCN(C(=O)c2cc3oc(Br)cc3[nH]2)CC1. The number of H-pyrrole nitrogens is 1. The maximum absolute atomic E-state index is 12.3. The summed E-state index contributed by atoms with van der Waals surface area (Å²) >= 11 is 3.26. The summed E-state index contributed by atoms with van der Waals surface area (Å²) in [6, 6.07) is 3.59. The second-order valence-corrected chi connectivity index (χ2v) is 5.39. The van der Waals surface area contributed by atoms with Crippen molar-refractivity contribution in [3.63, 3.8) is 0 Å². The number of aromatic amines is 1. The van der Waals surface area contributed by atoms with E-state index in [1.807, 2.05) is 11.0 Å². The highest BCUT2D eigenvalue weighted by Crippen LogP contribution is 2.24. The number of carbonyl (C=O) groups excluding carboxylic acids is 1. The fourth-order valence-corrected chi connectivity index (χ4v) is 2.59. The number of amides is 1. The third-order valence-corrected chi connectivity index (χ3v) is 3.69. The Bertz CT molecular complexity index is 550. The second kappa shape index (κ2) is 4.44. The summed E-state index contributed by atoms with van der Waals surface area (Å²) in [6.07, 6.45) is 0. The lowest BCUT2D eigenvalue weighted by Crippen LogP contribution is -2.47. The Balaban J connectivity index is 1.81. The zero-order valence-corrected chi connectivity index (χ0v) is 11.7. The Labute approximate surface area is 113 Å². The lowest BCUT2D eigenvalue weighted by molar-refractivity contribution is 0.0659. The number of furan rings is 1. The lowest BCUT2D eigenvalue weighted by Gasteiger charge is -2.32. The van der Waals surface area contributed by atoms with Gasteiger partial charge in [0.1, 0.15) is 5.69 Å². The number of aromatic nitrogens is 1. The largest absolute Gasteiger partial charge is 0.448 e. The van der Waals surface area contributed by atoms with Crippen LogP contribution in [0.5, 0.6) is 0 Å². The fourth-order valence-electron chi connectivity index (χ4n) is 2.19. The van der Waals surface area contributed by atoms with Crippen LogP contribution in [0, 0.1) is 0 Å². The molecule has 0 aromatic carbocycles. The molecular weight excluding hydrogens is 298 g/mol. The summed E-state index contributed by atoms with van der Waals surface area (Å²) in [4.78, 5) is 19.5. The van der Waals surface area contributed by atoms with Gasteiger partial charge in [0.05, 0.1) is 5.52 Å². The third kappa shape index (κ3) is 2.06. The molecule has 0 bridgehead atoms. The second-order valence-electron chi connectivity index (χ2n) is 4.61. The number of hydrogen-bond donors (Lipinski definition) is 1. The van der Waals surface area contributed by atoms with E-state index in [0.717, 1.165) is 31.7 Å². The topological polar surface area (TPSA) is 52.5 Å². The van der Waals surface area contributed by atoms with E-state index in [4.69, 9.17) is 4.42 Å². The minimum Gasteiger partial charge on any atom is -0.448 e. The Morgan fingerprint density at radius 3 is 2.72 bits per heavy atom. The zero-order valence-electron chi connectivity index (χ0n) is 10.1. The lowest BCUT2D eigenvalue weighted by atomic mass is 10.3. The van der Waals surface area contributed by atoms with Crippen molar-refractivity contribution < 1.29 is 9.21 Å². The van der Waals surface area contributed by atoms with E-state index in [2.05, 4.69) is 32.9 Å². The van der Waals surface area contributed by atoms with Crippen LogP contribution in [0.3, 0.4) is 0 Å². The van der Waals surface area contributed by atoms with Crippen molar-refractivity contribution in [2.75, 3.05) is 33.2 Å². The molecule has 5 nitrogen and oxygen atoms in total. The molecule has 3 rings (SSSR count). The van der Waals surface area contributed by atoms with Gasteiger partial charge in [-0.25, -0.2) is 0 Å². The highest BCUT2D eigenvalue weighted by atomic mass is 79.9. The van der Waals surface area contributed by atoms with Gasteiger partial charge in [0.25, 0.3) is 5.91 Å². The van der Waals surface area contributed by atoms with Crippen LogP contribution in [-0.4, -0.2) is 53.9 Å². The summed E-state index contributed by atoms with van der Waals surface area (Å²) < 4.78 is 6.08. The van der Waals surface area contributed by atoms with E-state index >= 15 is 0 Å². The molecule has 1 N–H and O–H groups in total. The summed E-state index contributed by atoms with van der Waals surface area (Å²) in [5.74, 6) is 0.0469. The molecule has 0 atom stereocenters. The van der Waals surface area contributed by atoms with Gasteiger partial charge in [-0.2, -0.15) is 0 Å². The van der Waals surface area contributed by atoms with Gasteiger partial charge in [-0.05, 0) is 23.0 Å². The number of hydrogen-bond acceptors (Lipinski definition) is 3. The summed E-state index contributed by atoms with van der Waals surface area (Å²) in [7, 11) is 2.07. The van der Waals surface area contributed by atoms with Crippen LogP contribution in [0.1, 0.15) is 10.5 Å². The Morgan fingerprint density at radius 1 is 1.33 bits per heavy atom. The molecule has 18 heavy (non-hydrogen) atoms. The number of carbonyl (C=O) groups is 1. The molecule has 6 heteroatoms. The fraction of sp³-hybridized carbons (Fsp3) is 0.417. The minimum absolute atomic E-state index is 0.0469. The van der Waals surface area contributed by atoms with Crippen LogP contribution in [0.4, 0.5) is 0 Å². The zero-order chi connectivity index (χ0) is 12.7. The van der Waals surface area contributed by atoms with Crippen LogP contribution < -0.4 is 0 Å². The van der Waals surface area contributed by atoms with Gasteiger partial charge in [-0.1, -0.05) is 0 Å². The third-order valence-electron chi connectivity index (χ3n) is 3.30. The van der Waals surface area contributed by atoms with E-state index in [1.165, 1.54) is 0 Å². The van der Waals surface area contributed by atoms with Crippen molar-refractivity contribution in [2.24, 2.45) is 0 Å². The number of likely N-dealkylation sites (N-methyl/N-ethyl adjacent to an activating group) is 1. The molecule has 1 amide bonds. The van der Waals surface area contributed by atoms with Gasteiger partial charge in [0, 0.05) is 38.3 Å². The maximum Gasteiger partial charge on any atom is 0.270 e. The molecular formula is C12H14BrN3O2. The van der Waals surface area contributed by atoms with Crippen molar-refractivity contribution in [1.29, 1.82) is 0 Å². The van der Waals surface area contributed by atoms with Gasteiger partial charge in [0.15, 0.2) is 10.3 Å². The first-order valence-corrected chi connectivity index (χ1v) is 6.68. The Kier molecular flexibility index (Phi) is 2.91. The maximum atomic E-state index is 12.3. The standard InChI is InChI=1S/C12H14BrN3O2/c1-15-2-4-16(5-3-15)12(17)9-6-10-8(14-9)7-11(13)18-10/h6-7,14H,2-5H2,1H3. The molecule has 0 radical (unpaired) electrons. The average molecular weight is 312 g/mol. The number of piperazine rings is 1. The summed E-state index contributed by atoms with van der Waals surface area (Å²) in [6.45, 7) is 3.40. The van der Waals surface area contributed by atoms with Crippen LogP contribution >= 0.6 is 15.9 Å². The molecule has 2 aromatic rings. The first-order chi connectivity index (χ1) is 8.63. The van der Waals surface area contributed by atoms with E-state index in [9.17, 15) is 4.79 Å². The Hall–Kier alpha value is -1.27. The van der Waals surface area contributed by atoms with Crippen molar-refractivity contribution >= 4 is 32.9 Å². The molecule has 1 aliphatic rings. The van der Waals surface area contributed by atoms with Crippen molar-refractivity contribution in [2.45, 2.75) is 0 Å². The predicted octanol–water partition coefficient (Wildman–Crippen LogP) is 1.91. The predicted molar refractivity (Wildman–Crippen MR) is 71.7 cm³/mol. The van der Waals surface area contributed by atoms with E-state index in [-0.39, 0.29) is 5.91 Å². The highest BCUT2D eigenvalue weighted by Gasteiger charge is 2.22. The van der Waals surface area contributed by atoms with E-state index in [0.29, 0.717) is 15.9 Å². The molecule has 1 aliphatic heterocycles. The van der Waals surface area contributed by atoms with Crippen LogP contribution in [0.25, 0.3) is 11.1 Å². The molecule has 0 saturated carbocycles. The monoisotopic (exact) mass is 311 g/mol. The molecule has 0 aliphatic carbocycles. The molecule has 0 unspecified atom stereocenters. The average Bonchev–Trinajstić information content (AvgIpc) is 2.86. The first kappa shape index (κ1) is 11.8. The van der Waals surface area contributed by atoms with Crippen molar-refractivity contribution in [1.82, 2.24) is 14.8 Å². The quantitative estimate of drug-likeness (QED) is 0.875. The van der Waals surface area contributed by atoms with Gasteiger partial charge >= 0.3 is 0 Å². The van der Waals surface area contributed by atoms with Crippen molar-refractivity contribution in [3.05, 3.63) is 22.5 Å². The molecule has 1 fully saturated rings. The van der Waals surface area contributed by atoms with Gasteiger partial charge < -0.3 is 19.2 Å². The molecule has 1 saturated heterocycles. The van der Waals surface area contributed by atoms with Gasteiger partial charge in [-0.15, -0.1) is 0 Å². The smallest absolute Gasteiger partial charge is 0.270 e. The number of fused-ring (bicyclic) bond motifs is 1. The summed E-state index contributed by atoms with van der Waals surface area (Å²) in [5.41, 5.74) is 2.15. The number of nitrogens with one attached hydrogen (secondary N) is 1. The Morgan fingerprint density at radius 2 is 2.06 bits per heavy atom. The summed E-state index contributed by atoms with van der Waals surface area (Å²) in [5, 5.41) is 0. The van der Waals surface area contributed by atoms with Crippen LogP contribution in [-0.2, 0) is 0 Å². The van der Waals surface area contributed by atoms with Gasteiger partial charge in [0.2, 0.25) is 0 Å². The van der Waals surface area contributed by atoms with E-state index in [1.54, 1.807) is 6.07 Å².